The summed E-state index contributed by atoms with van der Waals surface area (Å²) in [6, 6.07) is 0. The maximum absolute atomic E-state index is 11.7. The number of hydrogen-bond acceptors (Lipinski definition) is 3. The maximum Gasteiger partial charge on any atom is 0.331 e. The average Bonchev–Trinajstić information content (AvgIpc) is 2.79. The van der Waals surface area contributed by atoms with E-state index in [1.54, 1.807) is 0 Å². The highest BCUT2D eigenvalue weighted by Gasteiger charge is 2.30. The molecule has 3 nitrogen and oxygen atoms in total. The number of carbonyl (C=O) groups is 1. The van der Waals surface area contributed by atoms with E-state index in [1.165, 1.54) is 135 Å². The zero-order valence-electron chi connectivity index (χ0n) is 21.5. The van der Waals surface area contributed by atoms with Gasteiger partial charge in [-0.15, -0.1) is 0 Å². The van der Waals surface area contributed by atoms with E-state index in [0.29, 0.717) is 6.61 Å². The lowest BCUT2D eigenvalue weighted by atomic mass is 9.74. The highest BCUT2D eigenvalue weighted by molar-refractivity contribution is 5.70. The molecule has 0 aliphatic carbocycles. The van der Waals surface area contributed by atoms with Crippen LogP contribution in [0, 0.1) is 5.41 Å². The lowest BCUT2D eigenvalue weighted by Gasteiger charge is -2.34. The fourth-order valence-electron chi connectivity index (χ4n) is 4.71. The summed E-state index contributed by atoms with van der Waals surface area (Å²) in [6.45, 7) is 6.80. The van der Waals surface area contributed by atoms with Crippen LogP contribution in [0.25, 0.3) is 0 Å². The van der Waals surface area contributed by atoms with Gasteiger partial charge in [-0.1, -0.05) is 136 Å². The van der Waals surface area contributed by atoms with Gasteiger partial charge in [-0.3, -0.25) is 0 Å². The van der Waals surface area contributed by atoms with Crippen LogP contribution in [-0.4, -0.2) is 24.3 Å². The maximum atomic E-state index is 11.7. The van der Waals surface area contributed by atoms with E-state index in [4.69, 9.17) is 9.84 Å². The molecule has 0 atom stereocenters. The van der Waals surface area contributed by atoms with E-state index < -0.39 is 12.6 Å². The van der Waals surface area contributed by atoms with Gasteiger partial charge in [-0.05, 0) is 19.3 Å². The van der Waals surface area contributed by atoms with Gasteiger partial charge in [0.05, 0.1) is 6.61 Å². The van der Waals surface area contributed by atoms with Crippen molar-refractivity contribution in [2.24, 2.45) is 5.41 Å². The van der Waals surface area contributed by atoms with E-state index in [0.717, 1.165) is 0 Å². The van der Waals surface area contributed by atoms with E-state index in [9.17, 15) is 4.79 Å². The van der Waals surface area contributed by atoms with Crippen LogP contribution in [0.5, 0.6) is 0 Å². The van der Waals surface area contributed by atoms with Gasteiger partial charge in [0.15, 0.2) is 0 Å². The van der Waals surface area contributed by atoms with Gasteiger partial charge in [0.2, 0.25) is 0 Å². The molecule has 0 saturated heterocycles. The second kappa shape index (κ2) is 22.6. The minimum absolute atomic E-state index is 0.116. The van der Waals surface area contributed by atoms with Crippen molar-refractivity contribution >= 4 is 5.97 Å². The molecule has 0 saturated carbocycles. The van der Waals surface area contributed by atoms with Crippen LogP contribution in [-0.2, 0) is 9.53 Å². The van der Waals surface area contributed by atoms with Crippen LogP contribution in [0.2, 0.25) is 0 Å². The summed E-state index contributed by atoms with van der Waals surface area (Å²) in [5, 5.41) is 9.15. The van der Waals surface area contributed by atoms with Gasteiger partial charge in [-0.2, -0.15) is 0 Å². The number of aliphatic hydroxyl groups is 1. The first-order valence-corrected chi connectivity index (χ1v) is 13.9. The number of esters is 1. The number of unbranched alkanes of at least 4 members (excludes halogenated alkanes) is 15. The molecule has 0 aromatic rings. The topological polar surface area (TPSA) is 46.5 Å². The van der Waals surface area contributed by atoms with Crippen LogP contribution in [0.4, 0.5) is 0 Å². The van der Waals surface area contributed by atoms with Crippen molar-refractivity contribution in [1.82, 2.24) is 0 Å². The Morgan fingerprint density at radius 3 is 1.23 bits per heavy atom. The fourth-order valence-corrected chi connectivity index (χ4v) is 4.71. The van der Waals surface area contributed by atoms with Crippen LogP contribution >= 0.6 is 0 Å². The number of carbonyl (C=O) groups excluding carboxylic acids is 1. The molecule has 0 fully saturated rings. The van der Waals surface area contributed by atoms with Crippen molar-refractivity contribution in [2.75, 3.05) is 13.2 Å². The Bertz CT molecular complexity index is 340. The molecule has 0 radical (unpaired) electrons. The largest absolute Gasteiger partial charge is 0.463 e. The summed E-state index contributed by atoms with van der Waals surface area (Å²) in [7, 11) is 0. The van der Waals surface area contributed by atoms with Gasteiger partial charge in [-0.25, -0.2) is 4.79 Å². The Kier molecular flexibility index (Phi) is 22.2. The van der Waals surface area contributed by atoms with Gasteiger partial charge < -0.3 is 9.84 Å². The van der Waals surface area contributed by atoms with Crippen LogP contribution in [0.3, 0.4) is 0 Å². The zero-order valence-corrected chi connectivity index (χ0v) is 21.5. The van der Waals surface area contributed by atoms with Crippen molar-refractivity contribution in [3.05, 3.63) is 0 Å². The Morgan fingerprint density at radius 1 is 0.581 bits per heavy atom. The number of ether oxygens (including phenoxy) is 1. The first-order chi connectivity index (χ1) is 15.1. The molecule has 1 N–H and O–H groups in total. The molecular weight excluding hydrogens is 384 g/mol. The molecule has 0 aromatic carbocycles. The monoisotopic (exact) mass is 440 g/mol. The highest BCUT2D eigenvalue weighted by Crippen LogP contribution is 2.38. The predicted octanol–water partition coefficient (Wildman–Crippen LogP) is 8.76. The number of rotatable bonds is 24. The van der Waals surface area contributed by atoms with E-state index in [2.05, 4.69) is 20.8 Å². The Balaban J connectivity index is 4.78. The Hall–Kier alpha value is -0.570. The lowest BCUT2D eigenvalue weighted by Crippen LogP contribution is -2.30. The molecule has 3 heteroatoms. The minimum atomic E-state index is -0.499. The average molecular weight is 441 g/mol. The Labute approximate surface area is 195 Å². The van der Waals surface area contributed by atoms with Crippen molar-refractivity contribution in [3.8, 4) is 0 Å². The third-order valence-corrected chi connectivity index (χ3v) is 6.85. The van der Waals surface area contributed by atoms with E-state index >= 15 is 0 Å². The highest BCUT2D eigenvalue weighted by atomic mass is 16.5. The van der Waals surface area contributed by atoms with Crippen LogP contribution < -0.4 is 0 Å². The van der Waals surface area contributed by atoms with Crippen molar-refractivity contribution in [1.29, 1.82) is 0 Å². The molecule has 0 rings (SSSR count). The molecule has 0 bridgehead atoms. The van der Waals surface area contributed by atoms with Crippen LogP contribution in [0.15, 0.2) is 0 Å². The molecule has 186 valence electrons. The SMILES string of the molecule is CCCCCCCCC(CCCCCCCC)(CCCCCCCC)COC(=O)CO. The molecule has 0 aliphatic rings. The van der Waals surface area contributed by atoms with Crippen LogP contribution in [0.1, 0.15) is 156 Å². The first-order valence-electron chi connectivity index (χ1n) is 13.9. The molecule has 0 unspecified atom stereocenters. The number of aliphatic hydroxyl groups excluding tert-OH is 1. The standard InChI is InChI=1S/C28H56O3/c1-4-7-10-13-16-19-22-28(26-31-27(30)25-29,23-20-17-14-11-8-5-2)24-21-18-15-12-9-6-3/h29H,4-26H2,1-3H3. The minimum Gasteiger partial charge on any atom is -0.463 e. The summed E-state index contributed by atoms with van der Waals surface area (Å²) in [5.41, 5.74) is 0.116. The summed E-state index contributed by atoms with van der Waals surface area (Å²) in [5.74, 6) is -0.460. The molecule has 0 aliphatic heterocycles. The van der Waals surface area contributed by atoms with Crippen molar-refractivity contribution in [3.63, 3.8) is 0 Å². The zero-order chi connectivity index (χ0) is 23.0. The van der Waals surface area contributed by atoms with Crippen molar-refractivity contribution < 1.29 is 14.6 Å². The van der Waals surface area contributed by atoms with Crippen molar-refractivity contribution in [2.45, 2.75) is 156 Å². The fraction of sp³-hybridized carbons (Fsp3) is 0.964. The quantitative estimate of drug-likeness (QED) is 0.120. The first kappa shape index (κ1) is 30.4. The molecular formula is C28H56O3. The smallest absolute Gasteiger partial charge is 0.331 e. The second-order valence-corrected chi connectivity index (χ2v) is 9.87. The van der Waals surface area contributed by atoms with Gasteiger partial charge in [0.1, 0.15) is 6.61 Å². The third kappa shape index (κ3) is 18.7. The molecule has 0 heterocycles. The lowest BCUT2D eigenvalue weighted by molar-refractivity contribution is -0.151. The predicted molar refractivity (Wildman–Crippen MR) is 134 cm³/mol. The molecule has 0 aromatic heterocycles. The third-order valence-electron chi connectivity index (χ3n) is 6.85. The van der Waals surface area contributed by atoms with Gasteiger partial charge in [0.25, 0.3) is 0 Å². The summed E-state index contributed by atoms with van der Waals surface area (Å²) < 4.78 is 5.55. The van der Waals surface area contributed by atoms with E-state index in [1.807, 2.05) is 0 Å². The van der Waals surface area contributed by atoms with E-state index in [-0.39, 0.29) is 5.41 Å². The summed E-state index contributed by atoms with van der Waals surface area (Å²) in [6.07, 6.45) is 27.0. The molecule has 31 heavy (non-hydrogen) atoms. The number of hydrogen-bond donors (Lipinski definition) is 1. The molecule has 0 amide bonds. The summed E-state index contributed by atoms with van der Waals surface area (Å²) in [4.78, 5) is 11.7. The molecule has 0 spiro atoms. The Morgan fingerprint density at radius 2 is 0.903 bits per heavy atom. The second-order valence-electron chi connectivity index (χ2n) is 9.87. The summed E-state index contributed by atoms with van der Waals surface area (Å²) >= 11 is 0. The normalized spacial score (nSPS) is 11.7. The van der Waals surface area contributed by atoms with Gasteiger partial charge in [0, 0.05) is 5.41 Å². The van der Waals surface area contributed by atoms with Gasteiger partial charge >= 0.3 is 5.97 Å².